The van der Waals surface area contributed by atoms with E-state index in [4.69, 9.17) is 17.5 Å². The first kappa shape index (κ1) is 8.50. The quantitative estimate of drug-likeness (QED) is 0.387. The lowest BCUT2D eigenvalue weighted by Crippen LogP contribution is -2.23. The summed E-state index contributed by atoms with van der Waals surface area (Å²) in [6.45, 7) is 0. The van der Waals surface area contributed by atoms with Gasteiger partial charge in [-0.05, 0) is 24.4 Å². The highest BCUT2D eigenvalue weighted by atomic mass is 32.1. The van der Waals surface area contributed by atoms with Crippen molar-refractivity contribution in [3.63, 3.8) is 0 Å². The summed E-state index contributed by atoms with van der Waals surface area (Å²) in [5.41, 5.74) is 0.866. The Balaban J connectivity index is 2.54. The minimum Gasteiger partial charge on any atom is -0.332 e. The Bertz CT molecular complexity index is 302. The lowest BCUT2D eigenvalue weighted by atomic mass is 10.3. The van der Waals surface area contributed by atoms with Gasteiger partial charge in [0.2, 0.25) is 0 Å². The van der Waals surface area contributed by atoms with Gasteiger partial charge in [-0.25, -0.2) is 0 Å². The van der Waals surface area contributed by atoms with Crippen LogP contribution in [0.25, 0.3) is 0 Å². The second-order valence-corrected chi connectivity index (χ2v) is 2.47. The van der Waals surface area contributed by atoms with Gasteiger partial charge in [-0.1, -0.05) is 18.2 Å². The summed E-state index contributed by atoms with van der Waals surface area (Å²) < 4.78 is 0. The van der Waals surface area contributed by atoms with Crippen LogP contribution in [0, 0.1) is 11.5 Å². The molecule has 3 nitrogen and oxygen atoms in total. The molecule has 0 aliphatic carbocycles. The molecule has 60 valence electrons. The Morgan fingerprint density at radius 1 is 1.33 bits per heavy atom. The number of thiocarbonyl (C=S) groups is 1. The van der Waals surface area contributed by atoms with Gasteiger partial charge in [-0.3, -0.25) is 5.32 Å². The molecular weight excluding hydrogens is 170 g/mol. The van der Waals surface area contributed by atoms with Crippen molar-refractivity contribution in [2.24, 2.45) is 0 Å². The van der Waals surface area contributed by atoms with Crippen LogP contribution in [-0.4, -0.2) is 5.11 Å². The molecule has 0 bridgehead atoms. The summed E-state index contributed by atoms with van der Waals surface area (Å²) >= 11 is 4.79. The molecule has 0 saturated carbocycles. The Hall–Kier alpha value is -1.60. The zero-order chi connectivity index (χ0) is 8.81. The number of nitrogens with zero attached hydrogens (tertiary/aromatic N) is 1. The van der Waals surface area contributed by atoms with Crippen molar-refractivity contribution in [2.75, 3.05) is 5.32 Å². The van der Waals surface area contributed by atoms with Crippen LogP contribution in [0.4, 0.5) is 5.69 Å². The van der Waals surface area contributed by atoms with E-state index in [9.17, 15) is 0 Å². The van der Waals surface area contributed by atoms with E-state index in [2.05, 4.69) is 10.6 Å². The molecule has 1 rings (SSSR count). The maximum atomic E-state index is 8.23. The fraction of sp³-hybridized carbons (Fsp3) is 0. The summed E-state index contributed by atoms with van der Waals surface area (Å²) in [5, 5.41) is 13.7. The van der Waals surface area contributed by atoms with Gasteiger partial charge in [0, 0.05) is 5.69 Å². The molecule has 2 N–H and O–H groups in total. The molecule has 0 saturated heterocycles. The van der Waals surface area contributed by atoms with E-state index in [1.54, 1.807) is 6.19 Å². The molecule has 12 heavy (non-hydrogen) atoms. The number of nitriles is 1. The number of benzene rings is 1. The molecule has 0 radical (unpaired) electrons. The Labute approximate surface area is 76.0 Å². The minimum absolute atomic E-state index is 0.309. The van der Waals surface area contributed by atoms with E-state index in [0.29, 0.717) is 5.11 Å². The van der Waals surface area contributed by atoms with Crippen LogP contribution in [0.2, 0.25) is 0 Å². The predicted molar refractivity (Wildman–Crippen MR) is 51.4 cm³/mol. The molecule has 4 heteroatoms. The first-order valence-corrected chi connectivity index (χ1v) is 3.75. The van der Waals surface area contributed by atoms with Gasteiger partial charge in [0.15, 0.2) is 11.3 Å². The number of para-hydroxylation sites is 1. The number of hydrogen-bond acceptors (Lipinski definition) is 2. The van der Waals surface area contributed by atoms with Crippen LogP contribution in [0.3, 0.4) is 0 Å². The maximum Gasteiger partial charge on any atom is 0.184 e. The standard InChI is InChI=1S/C8H7N3S/c9-6-10-8(12)11-7-4-2-1-3-5-7/h1-5H,(H2,10,11,12). The van der Waals surface area contributed by atoms with Crippen LogP contribution in [0.5, 0.6) is 0 Å². The first-order valence-electron chi connectivity index (χ1n) is 3.34. The molecule has 0 aliphatic rings. The molecule has 0 amide bonds. The van der Waals surface area contributed by atoms with Crippen molar-refractivity contribution >= 4 is 23.0 Å². The molecule has 1 aromatic rings. The van der Waals surface area contributed by atoms with Crippen LogP contribution in [0.15, 0.2) is 30.3 Å². The van der Waals surface area contributed by atoms with Crippen molar-refractivity contribution in [1.29, 1.82) is 5.26 Å². The third kappa shape index (κ3) is 2.56. The smallest absolute Gasteiger partial charge is 0.184 e. The molecule has 0 heterocycles. The Morgan fingerprint density at radius 3 is 2.58 bits per heavy atom. The molecule has 0 fully saturated rings. The second-order valence-electron chi connectivity index (χ2n) is 2.06. The van der Waals surface area contributed by atoms with Gasteiger partial charge >= 0.3 is 0 Å². The lowest BCUT2D eigenvalue weighted by molar-refractivity contribution is 1.28. The van der Waals surface area contributed by atoms with Gasteiger partial charge < -0.3 is 5.32 Å². The average molecular weight is 177 g/mol. The monoisotopic (exact) mass is 177 g/mol. The second kappa shape index (κ2) is 4.31. The maximum absolute atomic E-state index is 8.23. The highest BCUT2D eigenvalue weighted by Gasteiger charge is 1.92. The summed E-state index contributed by atoms with van der Waals surface area (Å²) in [4.78, 5) is 0. The topological polar surface area (TPSA) is 47.9 Å². The van der Waals surface area contributed by atoms with Crippen LogP contribution in [0.1, 0.15) is 0 Å². The van der Waals surface area contributed by atoms with E-state index in [1.807, 2.05) is 30.3 Å². The van der Waals surface area contributed by atoms with Crippen LogP contribution in [-0.2, 0) is 0 Å². The zero-order valence-electron chi connectivity index (χ0n) is 6.24. The van der Waals surface area contributed by atoms with E-state index in [0.717, 1.165) is 5.69 Å². The van der Waals surface area contributed by atoms with Crippen molar-refractivity contribution in [1.82, 2.24) is 5.32 Å². The van der Waals surface area contributed by atoms with Gasteiger partial charge in [-0.2, -0.15) is 5.26 Å². The van der Waals surface area contributed by atoms with Crippen LogP contribution < -0.4 is 10.6 Å². The van der Waals surface area contributed by atoms with Crippen molar-refractivity contribution in [3.8, 4) is 6.19 Å². The molecule has 0 aliphatic heterocycles. The molecular formula is C8H7N3S. The number of rotatable bonds is 1. The number of nitrogens with one attached hydrogen (secondary N) is 2. The summed E-state index contributed by atoms with van der Waals surface area (Å²) in [5.74, 6) is 0. The van der Waals surface area contributed by atoms with Gasteiger partial charge in [0.05, 0.1) is 0 Å². The van der Waals surface area contributed by atoms with Crippen molar-refractivity contribution in [3.05, 3.63) is 30.3 Å². The molecule has 0 aromatic heterocycles. The molecule has 0 spiro atoms. The van der Waals surface area contributed by atoms with Gasteiger partial charge in [0.25, 0.3) is 0 Å². The fourth-order valence-electron chi connectivity index (χ4n) is 0.735. The third-order valence-corrected chi connectivity index (χ3v) is 1.41. The zero-order valence-corrected chi connectivity index (χ0v) is 7.06. The largest absolute Gasteiger partial charge is 0.332 e. The highest BCUT2D eigenvalue weighted by molar-refractivity contribution is 7.80. The van der Waals surface area contributed by atoms with E-state index < -0.39 is 0 Å². The normalized spacial score (nSPS) is 8.25. The summed E-state index contributed by atoms with van der Waals surface area (Å²) in [6.07, 6.45) is 1.73. The van der Waals surface area contributed by atoms with Crippen molar-refractivity contribution < 1.29 is 0 Å². The highest BCUT2D eigenvalue weighted by Crippen LogP contribution is 2.03. The van der Waals surface area contributed by atoms with Gasteiger partial charge in [0.1, 0.15) is 0 Å². The Kier molecular flexibility index (Phi) is 3.05. The number of hydrogen-bond donors (Lipinski definition) is 2. The summed E-state index contributed by atoms with van der Waals surface area (Å²) in [7, 11) is 0. The minimum atomic E-state index is 0.309. The lowest BCUT2D eigenvalue weighted by Gasteiger charge is -2.03. The SMILES string of the molecule is N#CNC(=S)Nc1ccccc1. The van der Waals surface area contributed by atoms with Crippen molar-refractivity contribution in [2.45, 2.75) is 0 Å². The number of anilines is 1. The predicted octanol–water partition coefficient (Wildman–Crippen LogP) is 1.45. The van der Waals surface area contributed by atoms with E-state index in [-0.39, 0.29) is 0 Å². The Morgan fingerprint density at radius 2 is 2.00 bits per heavy atom. The van der Waals surface area contributed by atoms with Gasteiger partial charge in [-0.15, -0.1) is 0 Å². The molecule has 0 atom stereocenters. The average Bonchev–Trinajstić information content (AvgIpc) is 2.06. The summed E-state index contributed by atoms with van der Waals surface area (Å²) in [6, 6.07) is 9.41. The molecule has 0 unspecified atom stereocenters. The third-order valence-electron chi connectivity index (χ3n) is 1.20. The van der Waals surface area contributed by atoms with E-state index >= 15 is 0 Å². The fourth-order valence-corrected chi connectivity index (χ4v) is 0.898. The van der Waals surface area contributed by atoms with Crippen LogP contribution >= 0.6 is 12.2 Å². The van der Waals surface area contributed by atoms with E-state index in [1.165, 1.54) is 0 Å². The first-order chi connectivity index (χ1) is 5.83. The molecule has 1 aromatic carbocycles.